The molecule has 0 bridgehead atoms. The van der Waals surface area contributed by atoms with Crippen LogP contribution in [0.1, 0.15) is 29.7 Å². The number of rotatable bonds is 4. The molecule has 1 unspecified atom stereocenters. The van der Waals surface area contributed by atoms with Crippen LogP contribution in [-0.4, -0.2) is 17.6 Å². The van der Waals surface area contributed by atoms with Gasteiger partial charge in [0.15, 0.2) is 0 Å². The lowest BCUT2D eigenvalue weighted by molar-refractivity contribution is -0.136. The first-order valence-electron chi connectivity index (χ1n) is 5.02. The second kappa shape index (κ2) is 4.94. The van der Waals surface area contributed by atoms with Crippen LogP contribution in [0.25, 0.3) is 0 Å². The fraction of sp³-hybridized carbons (Fsp3) is 0.417. The lowest BCUT2D eigenvalue weighted by Gasteiger charge is -2.14. The molecule has 0 saturated heterocycles. The van der Waals surface area contributed by atoms with E-state index < -0.39 is 5.97 Å². The van der Waals surface area contributed by atoms with E-state index in [0.29, 0.717) is 0 Å². The molecule has 0 amide bonds. The van der Waals surface area contributed by atoms with Gasteiger partial charge in [-0.15, -0.1) is 0 Å². The summed E-state index contributed by atoms with van der Waals surface area (Å²) in [7, 11) is 0. The van der Waals surface area contributed by atoms with Crippen LogP contribution in [0.15, 0.2) is 18.2 Å². The standard InChI is InChI=1S/C12H17NO2/c1-8-4-9(2)6-11(5-8)10(3)13-7-12(14)15/h4-6,10,13H,7H2,1-3H3,(H,14,15). The van der Waals surface area contributed by atoms with Crippen LogP contribution in [0, 0.1) is 13.8 Å². The number of carboxylic acids is 1. The summed E-state index contributed by atoms with van der Waals surface area (Å²) in [6.45, 7) is 6.05. The molecule has 0 aliphatic heterocycles. The van der Waals surface area contributed by atoms with E-state index in [1.165, 1.54) is 11.1 Å². The molecule has 0 aliphatic rings. The largest absolute Gasteiger partial charge is 0.480 e. The minimum atomic E-state index is -0.828. The van der Waals surface area contributed by atoms with Crippen LogP contribution < -0.4 is 5.32 Å². The summed E-state index contributed by atoms with van der Waals surface area (Å²) in [5.74, 6) is -0.828. The van der Waals surface area contributed by atoms with Gasteiger partial charge in [0.2, 0.25) is 0 Å². The Bertz CT molecular complexity index is 340. The van der Waals surface area contributed by atoms with Crippen molar-refractivity contribution in [3.63, 3.8) is 0 Å². The highest BCUT2D eigenvalue weighted by Crippen LogP contribution is 2.16. The molecule has 0 heterocycles. The number of hydrogen-bond acceptors (Lipinski definition) is 2. The molecule has 1 atom stereocenters. The van der Waals surface area contributed by atoms with Crippen LogP contribution in [-0.2, 0) is 4.79 Å². The topological polar surface area (TPSA) is 49.3 Å². The summed E-state index contributed by atoms with van der Waals surface area (Å²) < 4.78 is 0. The van der Waals surface area contributed by atoms with Crippen molar-refractivity contribution in [2.45, 2.75) is 26.8 Å². The molecule has 0 aromatic heterocycles. The molecule has 3 heteroatoms. The van der Waals surface area contributed by atoms with Crippen molar-refractivity contribution in [2.75, 3.05) is 6.54 Å². The van der Waals surface area contributed by atoms with E-state index in [9.17, 15) is 4.79 Å². The number of carbonyl (C=O) groups is 1. The van der Waals surface area contributed by atoms with Crippen LogP contribution in [0.4, 0.5) is 0 Å². The van der Waals surface area contributed by atoms with E-state index >= 15 is 0 Å². The lowest BCUT2D eigenvalue weighted by Crippen LogP contribution is -2.25. The average molecular weight is 207 g/mol. The van der Waals surface area contributed by atoms with E-state index in [0.717, 1.165) is 5.56 Å². The number of hydrogen-bond donors (Lipinski definition) is 2. The summed E-state index contributed by atoms with van der Waals surface area (Å²) in [5.41, 5.74) is 3.54. The molecule has 15 heavy (non-hydrogen) atoms. The minimum absolute atomic E-state index is 0.00580. The lowest BCUT2D eigenvalue weighted by atomic mass is 10.0. The number of aryl methyl sites for hydroxylation is 2. The highest BCUT2D eigenvalue weighted by Gasteiger charge is 2.07. The van der Waals surface area contributed by atoms with Gasteiger partial charge in [0, 0.05) is 6.04 Å². The van der Waals surface area contributed by atoms with Gasteiger partial charge in [-0.25, -0.2) is 0 Å². The predicted octanol–water partition coefficient (Wildman–Crippen LogP) is 2.04. The Morgan fingerprint density at radius 1 is 1.33 bits per heavy atom. The van der Waals surface area contributed by atoms with Crippen molar-refractivity contribution in [1.29, 1.82) is 0 Å². The summed E-state index contributed by atoms with van der Waals surface area (Å²) in [5, 5.41) is 11.5. The summed E-state index contributed by atoms with van der Waals surface area (Å²) in [6, 6.07) is 6.33. The molecular formula is C12H17NO2. The third-order valence-electron chi connectivity index (χ3n) is 2.30. The zero-order valence-corrected chi connectivity index (χ0v) is 9.37. The SMILES string of the molecule is Cc1cc(C)cc(C(C)NCC(=O)O)c1. The van der Waals surface area contributed by atoms with Gasteiger partial charge < -0.3 is 10.4 Å². The van der Waals surface area contributed by atoms with Crippen LogP contribution >= 0.6 is 0 Å². The van der Waals surface area contributed by atoms with Gasteiger partial charge in [-0.2, -0.15) is 0 Å². The maximum atomic E-state index is 10.4. The third-order valence-corrected chi connectivity index (χ3v) is 2.30. The van der Waals surface area contributed by atoms with Gasteiger partial charge in [0.05, 0.1) is 6.54 Å². The van der Waals surface area contributed by atoms with E-state index in [4.69, 9.17) is 5.11 Å². The van der Waals surface area contributed by atoms with Crippen molar-refractivity contribution in [1.82, 2.24) is 5.32 Å². The van der Waals surface area contributed by atoms with Crippen LogP contribution in [0.2, 0.25) is 0 Å². The van der Waals surface area contributed by atoms with E-state index in [1.54, 1.807) is 0 Å². The summed E-state index contributed by atoms with van der Waals surface area (Å²) in [4.78, 5) is 10.4. The Hall–Kier alpha value is -1.35. The highest BCUT2D eigenvalue weighted by atomic mass is 16.4. The Balaban J connectivity index is 2.72. The molecule has 3 nitrogen and oxygen atoms in total. The van der Waals surface area contributed by atoms with Crippen LogP contribution in [0.5, 0.6) is 0 Å². The van der Waals surface area contributed by atoms with Gasteiger partial charge in [-0.05, 0) is 26.3 Å². The Morgan fingerprint density at radius 3 is 2.33 bits per heavy atom. The zero-order valence-electron chi connectivity index (χ0n) is 9.37. The van der Waals surface area contributed by atoms with Crippen molar-refractivity contribution in [3.05, 3.63) is 34.9 Å². The quantitative estimate of drug-likeness (QED) is 0.794. The van der Waals surface area contributed by atoms with Gasteiger partial charge in [-0.3, -0.25) is 4.79 Å². The first-order valence-corrected chi connectivity index (χ1v) is 5.02. The molecule has 0 spiro atoms. The molecule has 1 aromatic rings. The normalized spacial score (nSPS) is 12.5. The van der Waals surface area contributed by atoms with Crippen molar-refractivity contribution in [2.24, 2.45) is 0 Å². The van der Waals surface area contributed by atoms with E-state index in [-0.39, 0.29) is 12.6 Å². The maximum absolute atomic E-state index is 10.4. The van der Waals surface area contributed by atoms with E-state index in [1.807, 2.05) is 20.8 Å². The Kier molecular flexibility index (Phi) is 3.86. The number of aliphatic carboxylic acids is 1. The molecule has 0 aliphatic carbocycles. The van der Waals surface area contributed by atoms with Gasteiger partial charge in [0.25, 0.3) is 0 Å². The minimum Gasteiger partial charge on any atom is -0.480 e. The van der Waals surface area contributed by atoms with Gasteiger partial charge >= 0.3 is 5.97 Å². The summed E-state index contributed by atoms with van der Waals surface area (Å²) in [6.07, 6.45) is 0. The van der Waals surface area contributed by atoms with Crippen LogP contribution in [0.3, 0.4) is 0 Å². The summed E-state index contributed by atoms with van der Waals surface area (Å²) >= 11 is 0. The number of carboxylic acid groups (broad SMARTS) is 1. The Labute approximate surface area is 90.1 Å². The maximum Gasteiger partial charge on any atom is 0.317 e. The first-order chi connectivity index (χ1) is 6.99. The molecule has 1 rings (SSSR count). The van der Waals surface area contributed by atoms with E-state index in [2.05, 4.69) is 23.5 Å². The highest BCUT2D eigenvalue weighted by molar-refractivity contribution is 5.69. The molecule has 82 valence electrons. The number of benzene rings is 1. The molecule has 0 radical (unpaired) electrons. The van der Waals surface area contributed by atoms with Crippen molar-refractivity contribution >= 4 is 5.97 Å². The first kappa shape index (κ1) is 11.7. The Morgan fingerprint density at radius 2 is 1.87 bits per heavy atom. The predicted molar refractivity (Wildman–Crippen MR) is 60.0 cm³/mol. The molecule has 1 aromatic carbocycles. The number of nitrogens with one attached hydrogen (secondary N) is 1. The smallest absolute Gasteiger partial charge is 0.317 e. The second-order valence-corrected chi connectivity index (χ2v) is 3.92. The molecule has 2 N–H and O–H groups in total. The fourth-order valence-corrected chi connectivity index (χ4v) is 1.62. The molecule has 0 fully saturated rings. The molecule has 0 saturated carbocycles. The van der Waals surface area contributed by atoms with Crippen molar-refractivity contribution < 1.29 is 9.90 Å². The van der Waals surface area contributed by atoms with Gasteiger partial charge in [-0.1, -0.05) is 29.3 Å². The van der Waals surface area contributed by atoms with Gasteiger partial charge in [0.1, 0.15) is 0 Å². The average Bonchev–Trinajstić information content (AvgIpc) is 2.12. The third kappa shape index (κ3) is 3.72. The fourth-order valence-electron chi connectivity index (χ4n) is 1.62. The second-order valence-electron chi connectivity index (χ2n) is 3.92. The molecular weight excluding hydrogens is 190 g/mol. The monoisotopic (exact) mass is 207 g/mol. The zero-order chi connectivity index (χ0) is 11.4. The van der Waals surface area contributed by atoms with Crippen molar-refractivity contribution in [3.8, 4) is 0 Å².